The smallest absolute Gasteiger partial charge is 0.320 e. The molecule has 1 atom stereocenters. The third-order valence-electron chi connectivity index (χ3n) is 3.51. The molecule has 0 radical (unpaired) electrons. The number of aliphatic carboxylic acids is 1. The number of hydrogen-bond donors (Lipinski definition) is 2. The van der Waals surface area contributed by atoms with Gasteiger partial charge in [-0.1, -0.05) is 29.8 Å². The third-order valence-corrected chi connectivity index (χ3v) is 3.51. The zero-order valence-corrected chi connectivity index (χ0v) is 10.3. The van der Waals surface area contributed by atoms with Crippen LogP contribution in [-0.2, 0) is 4.79 Å². The van der Waals surface area contributed by atoms with Gasteiger partial charge in [-0.3, -0.25) is 4.79 Å². The lowest BCUT2D eigenvalue weighted by Crippen LogP contribution is -2.47. The van der Waals surface area contributed by atoms with Crippen molar-refractivity contribution >= 4 is 5.97 Å². The van der Waals surface area contributed by atoms with Crippen LogP contribution < -0.4 is 5.32 Å². The Morgan fingerprint density at radius 1 is 1.47 bits per heavy atom. The van der Waals surface area contributed by atoms with E-state index in [0.29, 0.717) is 12.0 Å². The van der Waals surface area contributed by atoms with Gasteiger partial charge in [0.1, 0.15) is 6.04 Å². The summed E-state index contributed by atoms with van der Waals surface area (Å²) >= 11 is 0. The van der Waals surface area contributed by atoms with Gasteiger partial charge in [0.05, 0.1) is 0 Å². The fraction of sp³-hybridized carbons (Fsp3) is 0.500. The van der Waals surface area contributed by atoms with E-state index in [2.05, 4.69) is 36.5 Å². The van der Waals surface area contributed by atoms with Gasteiger partial charge in [0, 0.05) is 6.04 Å². The Morgan fingerprint density at radius 3 is 2.76 bits per heavy atom. The molecule has 1 unspecified atom stereocenters. The highest BCUT2D eigenvalue weighted by Gasteiger charge is 2.31. The molecule has 1 aliphatic rings. The fourth-order valence-corrected chi connectivity index (χ4v) is 2.37. The minimum Gasteiger partial charge on any atom is -0.480 e. The van der Waals surface area contributed by atoms with E-state index in [1.54, 1.807) is 6.92 Å². The van der Waals surface area contributed by atoms with Crippen LogP contribution in [0, 0.1) is 6.92 Å². The van der Waals surface area contributed by atoms with Crippen LogP contribution in [0.2, 0.25) is 0 Å². The van der Waals surface area contributed by atoms with Crippen LogP contribution >= 0.6 is 0 Å². The Bertz CT molecular complexity index is 410. The van der Waals surface area contributed by atoms with E-state index in [0.717, 1.165) is 12.8 Å². The number of nitrogens with one attached hydrogen (secondary N) is 1. The molecular formula is C14H19NO2. The molecule has 1 saturated carbocycles. The number of hydrogen-bond acceptors (Lipinski definition) is 2. The van der Waals surface area contributed by atoms with E-state index >= 15 is 0 Å². The van der Waals surface area contributed by atoms with Crippen molar-refractivity contribution in [2.24, 2.45) is 0 Å². The monoisotopic (exact) mass is 233 g/mol. The molecule has 3 heteroatoms. The number of benzene rings is 1. The molecule has 1 aliphatic carbocycles. The van der Waals surface area contributed by atoms with Crippen LogP contribution in [-0.4, -0.2) is 23.2 Å². The maximum Gasteiger partial charge on any atom is 0.320 e. The van der Waals surface area contributed by atoms with Crippen molar-refractivity contribution in [1.82, 2.24) is 5.32 Å². The molecule has 2 rings (SSSR count). The summed E-state index contributed by atoms with van der Waals surface area (Å²) in [5.41, 5.74) is 2.67. The molecule has 1 aromatic carbocycles. The topological polar surface area (TPSA) is 49.3 Å². The first-order valence-corrected chi connectivity index (χ1v) is 6.11. The largest absolute Gasteiger partial charge is 0.480 e. The first-order valence-electron chi connectivity index (χ1n) is 6.11. The predicted molar refractivity (Wildman–Crippen MR) is 67.2 cm³/mol. The molecule has 0 bridgehead atoms. The maximum absolute atomic E-state index is 10.7. The molecule has 0 amide bonds. The highest BCUT2D eigenvalue weighted by atomic mass is 16.4. The normalized spacial score (nSPS) is 25.1. The van der Waals surface area contributed by atoms with E-state index in [1.165, 1.54) is 11.1 Å². The van der Waals surface area contributed by atoms with Crippen molar-refractivity contribution in [3.63, 3.8) is 0 Å². The van der Waals surface area contributed by atoms with Gasteiger partial charge in [-0.2, -0.15) is 0 Å². The number of carboxylic acids is 1. The lowest BCUT2D eigenvalue weighted by Gasteiger charge is -2.37. The molecule has 2 N–H and O–H groups in total. The molecule has 92 valence electrons. The molecule has 0 aliphatic heterocycles. The van der Waals surface area contributed by atoms with Crippen molar-refractivity contribution < 1.29 is 9.90 Å². The number of aryl methyl sites for hydroxylation is 1. The van der Waals surface area contributed by atoms with E-state index in [1.807, 2.05) is 0 Å². The molecule has 0 saturated heterocycles. The van der Waals surface area contributed by atoms with Gasteiger partial charge >= 0.3 is 5.97 Å². The van der Waals surface area contributed by atoms with Crippen molar-refractivity contribution in [2.45, 2.75) is 44.7 Å². The molecule has 3 nitrogen and oxygen atoms in total. The summed E-state index contributed by atoms with van der Waals surface area (Å²) in [5, 5.41) is 11.9. The summed E-state index contributed by atoms with van der Waals surface area (Å²) in [6, 6.07) is 8.48. The molecule has 17 heavy (non-hydrogen) atoms. The lowest BCUT2D eigenvalue weighted by atomic mass is 9.75. The van der Waals surface area contributed by atoms with Crippen LogP contribution in [0.15, 0.2) is 24.3 Å². The summed E-state index contributed by atoms with van der Waals surface area (Å²) in [6.07, 6.45) is 2.09. The Hall–Kier alpha value is -1.35. The van der Waals surface area contributed by atoms with E-state index < -0.39 is 12.0 Å². The van der Waals surface area contributed by atoms with Crippen molar-refractivity contribution in [1.29, 1.82) is 0 Å². The summed E-state index contributed by atoms with van der Waals surface area (Å²) < 4.78 is 0. The van der Waals surface area contributed by atoms with Gasteiger partial charge in [0.15, 0.2) is 0 Å². The number of rotatable bonds is 4. The fourth-order valence-electron chi connectivity index (χ4n) is 2.37. The second kappa shape index (κ2) is 4.88. The molecule has 0 aromatic heterocycles. The average molecular weight is 233 g/mol. The average Bonchev–Trinajstić information content (AvgIpc) is 2.22. The Morgan fingerprint density at radius 2 is 2.18 bits per heavy atom. The zero-order valence-electron chi connectivity index (χ0n) is 10.3. The number of carboxylic acid groups (broad SMARTS) is 1. The molecular weight excluding hydrogens is 214 g/mol. The highest BCUT2D eigenvalue weighted by Crippen LogP contribution is 2.37. The molecule has 1 fully saturated rings. The summed E-state index contributed by atoms with van der Waals surface area (Å²) in [4.78, 5) is 10.7. The van der Waals surface area contributed by atoms with E-state index in [4.69, 9.17) is 5.11 Å². The van der Waals surface area contributed by atoms with Gasteiger partial charge in [-0.05, 0) is 38.2 Å². The maximum atomic E-state index is 10.7. The third kappa shape index (κ3) is 2.86. The SMILES string of the molecule is Cc1cccc(C2CC(NC(C)C(=O)O)C2)c1. The molecule has 0 spiro atoms. The summed E-state index contributed by atoms with van der Waals surface area (Å²) in [6.45, 7) is 3.80. The first kappa shape index (κ1) is 12.1. The van der Waals surface area contributed by atoms with Crippen LogP contribution in [0.1, 0.15) is 36.8 Å². The van der Waals surface area contributed by atoms with E-state index in [-0.39, 0.29) is 0 Å². The predicted octanol–water partition coefficient (Wildman–Crippen LogP) is 2.30. The Balaban J connectivity index is 1.85. The van der Waals surface area contributed by atoms with Gasteiger partial charge in [0.25, 0.3) is 0 Å². The molecule has 0 heterocycles. The van der Waals surface area contributed by atoms with Crippen LogP contribution in [0.3, 0.4) is 0 Å². The minimum atomic E-state index is -0.774. The molecule has 1 aromatic rings. The second-order valence-electron chi connectivity index (χ2n) is 5.01. The highest BCUT2D eigenvalue weighted by molar-refractivity contribution is 5.72. The van der Waals surface area contributed by atoms with Crippen molar-refractivity contribution in [3.8, 4) is 0 Å². The number of carbonyl (C=O) groups is 1. The minimum absolute atomic E-state index is 0.353. The Labute approximate surface area is 102 Å². The van der Waals surface area contributed by atoms with Crippen LogP contribution in [0.25, 0.3) is 0 Å². The summed E-state index contributed by atoms with van der Waals surface area (Å²) in [5.74, 6) is -0.183. The van der Waals surface area contributed by atoms with Crippen molar-refractivity contribution in [3.05, 3.63) is 35.4 Å². The van der Waals surface area contributed by atoms with Crippen molar-refractivity contribution in [2.75, 3.05) is 0 Å². The zero-order chi connectivity index (χ0) is 12.4. The summed E-state index contributed by atoms with van der Waals surface area (Å²) in [7, 11) is 0. The van der Waals surface area contributed by atoms with Gasteiger partial charge in [-0.15, -0.1) is 0 Å². The second-order valence-corrected chi connectivity index (χ2v) is 5.01. The lowest BCUT2D eigenvalue weighted by molar-refractivity contribution is -0.139. The van der Waals surface area contributed by atoms with E-state index in [9.17, 15) is 4.79 Å². The first-order chi connectivity index (χ1) is 8.06. The quantitative estimate of drug-likeness (QED) is 0.839. The van der Waals surface area contributed by atoms with Gasteiger partial charge < -0.3 is 10.4 Å². The van der Waals surface area contributed by atoms with Gasteiger partial charge in [0.2, 0.25) is 0 Å². The van der Waals surface area contributed by atoms with Crippen LogP contribution in [0.5, 0.6) is 0 Å². The Kier molecular flexibility index (Phi) is 3.48. The van der Waals surface area contributed by atoms with Gasteiger partial charge in [-0.25, -0.2) is 0 Å². The standard InChI is InChI=1S/C14H19NO2/c1-9-4-3-5-11(6-9)12-7-13(8-12)15-10(2)14(16)17/h3-6,10,12-13,15H,7-8H2,1-2H3,(H,16,17). The van der Waals surface area contributed by atoms with Crippen LogP contribution in [0.4, 0.5) is 0 Å².